The van der Waals surface area contributed by atoms with Gasteiger partial charge < -0.3 is 0 Å². The molecule has 0 saturated carbocycles. The Kier molecular flexibility index (Phi) is 130. The second-order valence-corrected chi connectivity index (χ2v) is 0. The van der Waals surface area contributed by atoms with Gasteiger partial charge in [-0.2, -0.15) is 0 Å². The number of hydrogen-bond donors (Lipinski definition) is 0. The van der Waals surface area contributed by atoms with Crippen molar-refractivity contribution in [2.75, 3.05) is 0 Å². The van der Waals surface area contributed by atoms with Gasteiger partial charge in [0.2, 0.25) is 0 Å². The maximum absolute atomic E-state index is 0. The molecule has 28 valence electrons. The van der Waals surface area contributed by atoms with Crippen LogP contribution in [0.1, 0.15) is 0 Å². The van der Waals surface area contributed by atoms with Gasteiger partial charge in [-0.1, -0.05) is 0 Å². The van der Waals surface area contributed by atoms with Crippen molar-refractivity contribution in [2.24, 2.45) is 0 Å². The topological polar surface area (TPSA) is 0 Å². The SMILES string of the molecule is [Au].[Cu].[Sn].[Zn]. The normalized spacial score (nSPS) is 0. The maximum Gasteiger partial charge on any atom is 0 e. The van der Waals surface area contributed by atoms with Crippen molar-refractivity contribution in [3.63, 3.8) is 0 Å². The molecule has 0 aliphatic carbocycles. The Bertz CT molecular complexity index is 8.00. The molecule has 0 spiro atoms. The molecule has 0 aromatic carbocycles. The van der Waals surface area contributed by atoms with Crippen LogP contribution in [0.3, 0.4) is 0 Å². The van der Waals surface area contributed by atoms with Crippen LogP contribution in [0.4, 0.5) is 0 Å². The van der Waals surface area contributed by atoms with E-state index in [4.69, 9.17) is 0 Å². The molecule has 0 aromatic heterocycles. The van der Waals surface area contributed by atoms with Gasteiger partial charge in [0.25, 0.3) is 0 Å². The van der Waals surface area contributed by atoms with Gasteiger partial charge in [-0.05, 0) is 0 Å². The summed E-state index contributed by atoms with van der Waals surface area (Å²) in [6.07, 6.45) is 0. The Balaban J connectivity index is 0. The van der Waals surface area contributed by atoms with Crippen LogP contribution in [-0.2, 0) is 58.9 Å². The van der Waals surface area contributed by atoms with Gasteiger partial charge in [-0.3, -0.25) is 0 Å². The van der Waals surface area contributed by atoms with Gasteiger partial charge in [0.05, 0.1) is 0 Å². The minimum absolute atomic E-state index is 0. The molecule has 0 N–H and O–H groups in total. The Morgan fingerprint density at radius 2 is 1.00 bits per heavy atom. The smallest absolute Gasteiger partial charge is 0 e. The van der Waals surface area contributed by atoms with E-state index in [0.29, 0.717) is 0 Å². The Labute approximate surface area is 81.6 Å². The minimum atomic E-state index is 0. The van der Waals surface area contributed by atoms with Gasteiger partial charge in [0, 0.05) is 82.8 Å². The third-order valence-corrected chi connectivity index (χ3v) is 0. The molecule has 4 heteroatoms. The van der Waals surface area contributed by atoms with Crippen molar-refractivity contribution < 1.29 is 58.9 Å². The van der Waals surface area contributed by atoms with Crippen LogP contribution in [0, 0.1) is 0 Å². The van der Waals surface area contributed by atoms with Crippen LogP contribution in [-0.4, -0.2) is 23.9 Å². The monoisotopic (exact) mass is 444 g/mol. The molecule has 0 heterocycles. The molecule has 0 rings (SSSR count). The zero-order valence-corrected chi connectivity index (χ0v) is 10.7. The average Bonchev–Trinajstić information content (AvgIpc) is 0. The second kappa shape index (κ2) is 17.3. The first-order valence-electron chi connectivity index (χ1n) is 0. The molecule has 4 heavy (non-hydrogen) atoms. The molecule has 0 bridgehead atoms. The van der Waals surface area contributed by atoms with Crippen molar-refractivity contribution in [2.45, 2.75) is 0 Å². The maximum atomic E-state index is 0. The van der Waals surface area contributed by atoms with Crippen molar-refractivity contribution in [3.8, 4) is 0 Å². The summed E-state index contributed by atoms with van der Waals surface area (Å²) < 4.78 is 0. The van der Waals surface area contributed by atoms with Gasteiger partial charge in [0.15, 0.2) is 0 Å². The molecule has 0 unspecified atom stereocenters. The van der Waals surface area contributed by atoms with Gasteiger partial charge >= 0.3 is 0 Å². The molecule has 0 saturated heterocycles. The Morgan fingerprint density at radius 1 is 1.00 bits per heavy atom. The van der Waals surface area contributed by atoms with Crippen LogP contribution < -0.4 is 0 Å². The van der Waals surface area contributed by atoms with Crippen LogP contribution >= 0.6 is 0 Å². The molecule has 0 aliphatic heterocycles. The predicted octanol–water partition coefficient (Wildman–Crippen LogP) is -0.388. The summed E-state index contributed by atoms with van der Waals surface area (Å²) in [6.45, 7) is 0. The zero-order valence-electron chi connectivity index (χ0n) is 1.81. The summed E-state index contributed by atoms with van der Waals surface area (Å²) in [5, 5.41) is 0. The summed E-state index contributed by atoms with van der Waals surface area (Å²) in [5.74, 6) is 0. The summed E-state index contributed by atoms with van der Waals surface area (Å²) >= 11 is 0. The van der Waals surface area contributed by atoms with Crippen LogP contribution in [0.25, 0.3) is 0 Å². The first-order chi connectivity index (χ1) is 0. The molecule has 0 aliphatic rings. The first kappa shape index (κ1) is 30.0. The van der Waals surface area contributed by atoms with E-state index < -0.39 is 0 Å². The number of rotatable bonds is 0. The van der Waals surface area contributed by atoms with Crippen molar-refractivity contribution in [1.82, 2.24) is 0 Å². The summed E-state index contributed by atoms with van der Waals surface area (Å²) in [6, 6.07) is 0. The fourth-order valence-electron chi connectivity index (χ4n) is 0. The van der Waals surface area contributed by atoms with E-state index in [-0.39, 0.29) is 82.8 Å². The first-order valence-corrected chi connectivity index (χ1v) is 0. The average molecular weight is 445 g/mol. The molecular weight excluding hydrogens is 445 g/mol. The number of hydrogen-bond acceptors (Lipinski definition) is 0. The van der Waals surface area contributed by atoms with E-state index in [1.54, 1.807) is 0 Å². The minimum Gasteiger partial charge on any atom is 0 e. The molecule has 0 fully saturated rings. The summed E-state index contributed by atoms with van der Waals surface area (Å²) in [4.78, 5) is 0. The van der Waals surface area contributed by atoms with Crippen molar-refractivity contribution in [1.29, 1.82) is 0 Å². The summed E-state index contributed by atoms with van der Waals surface area (Å²) in [7, 11) is 0. The standard InChI is InChI=1S/Au.Cu.Sn.Zn. The van der Waals surface area contributed by atoms with Crippen LogP contribution in [0.2, 0.25) is 0 Å². The van der Waals surface area contributed by atoms with E-state index in [9.17, 15) is 0 Å². The van der Waals surface area contributed by atoms with Gasteiger partial charge in [-0.25, -0.2) is 0 Å². The van der Waals surface area contributed by atoms with E-state index in [0.717, 1.165) is 0 Å². The van der Waals surface area contributed by atoms with E-state index in [1.165, 1.54) is 0 Å². The zero-order chi connectivity index (χ0) is 0. The second-order valence-electron chi connectivity index (χ2n) is 0. The Hall–Kier alpha value is 2.68. The third-order valence-electron chi connectivity index (χ3n) is 0. The van der Waals surface area contributed by atoms with Crippen molar-refractivity contribution in [3.05, 3.63) is 0 Å². The van der Waals surface area contributed by atoms with Crippen molar-refractivity contribution >= 4 is 23.9 Å². The van der Waals surface area contributed by atoms with E-state index in [1.807, 2.05) is 0 Å². The van der Waals surface area contributed by atoms with E-state index >= 15 is 0 Å². The van der Waals surface area contributed by atoms with Gasteiger partial charge in [-0.15, -0.1) is 0 Å². The quantitative estimate of drug-likeness (QED) is 0.447. The fourth-order valence-corrected chi connectivity index (χ4v) is 0. The van der Waals surface area contributed by atoms with Crippen LogP contribution in [0.15, 0.2) is 0 Å². The molecule has 0 atom stereocenters. The fraction of sp³-hybridized carbons (Fsp3) is 0. The molecular formula is AuCuSnZn. The largest absolute Gasteiger partial charge is 0 e. The van der Waals surface area contributed by atoms with Crippen LogP contribution in [0.5, 0.6) is 0 Å². The predicted molar refractivity (Wildman–Crippen MR) is 5.75 cm³/mol. The molecule has 0 aromatic rings. The Morgan fingerprint density at radius 3 is 1.00 bits per heavy atom. The molecule has 0 nitrogen and oxygen atoms in total. The third kappa shape index (κ3) is 8.82. The van der Waals surface area contributed by atoms with E-state index in [2.05, 4.69) is 0 Å². The molecule has 6 radical (unpaired) electrons. The van der Waals surface area contributed by atoms with Gasteiger partial charge in [0.1, 0.15) is 0 Å². The summed E-state index contributed by atoms with van der Waals surface area (Å²) in [5.41, 5.74) is 0. The molecule has 0 amide bonds.